The molecule has 0 rings (SSSR count). The fourth-order valence-corrected chi connectivity index (χ4v) is 7.22. The lowest BCUT2D eigenvalue weighted by molar-refractivity contribution is -0.167. The molecule has 0 spiro atoms. The highest BCUT2D eigenvalue weighted by atomic mass is 16.6. The summed E-state index contributed by atoms with van der Waals surface area (Å²) in [5, 5.41) is 0. The van der Waals surface area contributed by atoms with E-state index < -0.39 is 6.10 Å². The summed E-state index contributed by atoms with van der Waals surface area (Å²) in [7, 11) is 0. The highest BCUT2D eigenvalue weighted by Crippen LogP contribution is 2.15. The van der Waals surface area contributed by atoms with E-state index in [1.165, 1.54) is 128 Å². The number of rotatable bonds is 46. The maximum Gasteiger partial charge on any atom is 0.306 e. The van der Waals surface area contributed by atoms with Gasteiger partial charge in [-0.1, -0.05) is 211 Å². The molecule has 0 radical (unpaired) electrons. The number of allylic oxidation sites excluding steroid dienone is 8. The minimum absolute atomic E-state index is 0.0785. The van der Waals surface area contributed by atoms with Gasteiger partial charge >= 0.3 is 17.9 Å². The van der Waals surface area contributed by atoms with Crippen LogP contribution in [0.3, 0.4) is 0 Å². The maximum absolute atomic E-state index is 12.8. The van der Waals surface area contributed by atoms with Crippen molar-refractivity contribution in [3.8, 4) is 0 Å². The molecule has 348 valence electrons. The van der Waals surface area contributed by atoms with Crippen molar-refractivity contribution in [3.05, 3.63) is 48.6 Å². The zero-order valence-corrected chi connectivity index (χ0v) is 39.7. The van der Waals surface area contributed by atoms with Gasteiger partial charge in [-0.05, 0) is 77.0 Å². The fraction of sp³-hybridized carbons (Fsp3) is 0.796. The van der Waals surface area contributed by atoms with Crippen molar-refractivity contribution in [2.24, 2.45) is 0 Å². The highest BCUT2D eigenvalue weighted by molar-refractivity contribution is 5.71. The Hall–Kier alpha value is -2.63. The number of unbranched alkanes of at least 4 members (excludes halogenated alkanes) is 27. The largest absolute Gasteiger partial charge is 0.462 e. The molecule has 60 heavy (non-hydrogen) atoms. The molecule has 0 heterocycles. The van der Waals surface area contributed by atoms with Gasteiger partial charge in [0.25, 0.3) is 0 Å². The van der Waals surface area contributed by atoms with Crippen molar-refractivity contribution in [1.82, 2.24) is 0 Å². The van der Waals surface area contributed by atoms with Gasteiger partial charge in [0.05, 0.1) is 0 Å². The zero-order valence-electron chi connectivity index (χ0n) is 39.7. The molecule has 0 aliphatic heterocycles. The van der Waals surface area contributed by atoms with Crippen LogP contribution in [-0.2, 0) is 28.6 Å². The van der Waals surface area contributed by atoms with Gasteiger partial charge in [-0.25, -0.2) is 0 Å². The Morgan fingerprint density at radius 2 is 0.650 bits per heavy atom. The monoisotopic (exact) mass is 841 g/mol. The standard InChI is InChI=1S/C54H96O6/c1-4-7-10-13-16-19-22-25-26-27-28-30-32-35-38-41-44-47-53(56)59-50-51(49-58-52(55)46-43-40-37-34-31-24-21-18-15-12-9-6-3)60-54(57)48-45-42-39-36-33-29-23-20-17-14-11-8-5-2/h7,10,16,18-19,21,25-26,51H,4-6,8-9,11-15,17,20,22-24,27-50H2,1-3H3/b10-7-,19-16-,21-18-,26-25-. The van der Waals surface area contributed by atoms with Crippen LogP contribution in [0.5, 0.6) is 0 Å². The fourth-order valence-electron chi connectivity index (χ4n) is 7.22. The van der Waals surface area contributed by atoms with Crippen LogP contribution in [0, 0.1) is 0 Å². The normalized spacial score (nSPS) is 12.4. The lowest BCUT2D eigenvalue weighted by Gasteiger charge is -2.18. The number of carbonyl (C=O) groups excluding carboxylic acids is 3. The van der Waals surface area contributed by atoms with Crippen LogP contribution in [0.1, 0.15) is 258 Å². The second kappa shape index (κ2) is 49.0. The summed E-state index contributed by atoms with van der Waals surface area (Å²) in [6.45, 7) is 6.50. The third kappa shape index (κ3) is 46.4. The van der Waals surface area contributed by atoms with Crippen molar-refractivity contribution in [2.75, 3.05) is 13.2 Å². The van der Waals surface area contributed by atoms with Gasteiger partial charge in [0.15, 0.2) is 6.10 Å². The molecular weight excluding hydrogens is 745 g/mol. The Bertz CT molecular complexity index is 1060. The summed E-state index contributed by atoms with van der Waals surface area (Å²) in [4.78, 5) is 37.9. The number of hydrogen-bond acceptors (Lipinski definition) is 6. The molecule has 0 aliphatic rings. The van der Waals surface area contributed by atoms with Crippen LogP contribution in [0.25, 0.3) is 0 Å². The molecule has 0 bridgehead atoms. The molecule has 1 unspecified atom stereocenters. The Morgan fingerprint density at radius 3 is 1.07 bits per heavy atom. The smallest absolute Gasteiger partial charge is 0.306 e. The van der Waals surface area contributed by atoms with Crippen molar-refractivity contribution in [3.63, 3.8) is 0 Å². The van der Waals surface area contributed by atoms with E-state index in [9.17, 15) is 14.4 Å². The van der Waals surface area contributed by atoms with Crippen LogP contribution in [0.15, 0.2) is 48.6 Å². The van der Waals surface area contributed by atoms with Crippen LogP contribution in [0.2, 0.25) is 0 Å². The summed E-state index contributed by atoms with van der Waals surface area (Å²) in [5.41, 5.74) is 0. The van der Waals surface area contributed by atoms with E-state index in [2.05, 4.69) is 69.4 Å². The highest BCUT2D eigenvalue weighted by Gasteiger charge is 2.19. The number of esters is 3. The molecular formula is C54H96O6. The minimum Gasteiger partial charge on any atom is -0.462 e. The van der Waals surface area contributed by atoms with Gasteiger partial charge in [-0.15, -0.1) is 0 Å². The predicted octanol–water partition coefficient (Wildman–Crippen LogP) is 16.7. The van der Waals surface area contributed by atoms with Gasteiger partial charge in [0.1, 0.15) is 13.2 Å². The van der Waals surface area contributed by atoms with Crippen LogP contribution >= 0.6 is 0 Å². The summed E-state index contributed by atoms with van der Waals surface area (Å²) >= 11 is 0. The Balaban J connectivity index is 4.36. The summed E-state index contributed by atoms with van der Waals surface area (Å²) in [5.74, 6) is -0.889. The average molecular weight is 841 g/mol. The summed E-state index contributed by atoms with van der Waals surface area (Å²) < 4.78 is 16.8. The van der Waals surface area contributed by atoms with E-state index in [4.69, 9.17) is 14.2 Å². The molecule has 6 heteroatoms. The molecule has 0 aromatic heterocycles. The second-order valence-corrected chi connectivity index (χ2v) is 17.1. The third-order valence-electron chi connectivity index (χ3n) is 11.1. The number of hydrogen-bond donors (Lipinski definition) is 0. The first kappa shape index (κ1) is 57.4. The molecule has 6 nitrogen and oxygen atoms in total. The van der Waals surface area contributed by atoms with E-state index in [0.29, 0.717) is 19.3 Å². The first-order valence-electron chi connectivity index (χ1n) is 25.6. The molecule has 0 saturated carbocycles. The molecule has 0 fully saturated rings. The van der Waals surface area contributed by atoms with Crippen LogP contribution in [0.4, 0.5) is 0 Å². The lowest BCUT2D eigenvalue weighted by atomic mass is 10.0. The van der Waals surface area contributed by atoms with Crippen molar-refractivity contribution < 1.29 is 28.6 Å². The lowest BCUT2D eigenvalue weighted by Crippen LogP contribution is -2.30. The predicted molar refractivity (Wildman–Crippen MR) is 256 cm³/mol. The van der Waals surface area contributed by atoms with E-state index in [1.807, 2.05) is 0 Å². The van der Waals surface area contributed by atoms with Gasteiger partial charge in [0.2, 0.25) is 0 Å². The molecule has 0 aliphatic carbocycles. The maximum atomic E-state index is 12.8. The van der Waals surface area contributed by atoms with Gasteiger partial charge < -0.3 is 14.2 Å². The average Bonchev–Trinajstić information content (AvgIpc) is 3.24. The number of ether oxygens (including phenoxy) is 3. The first-order chi connectivity index (χ1) is 29.5. The minimum atomic E-state index is -0.776. The van der Waals surface area contributed by atoms with Gasteiger partial charge in [0, 0.05) is 19.3 Å². The third-order valence-corrected chi connectivity index (χ3v) is 11.1. The van der Waals surface area contributed by atoms with Crippen LogP contribution in [-0.4, -0.2) is 37.2 Å². The number of carbonyl (C=O) groups is 3. The molecule has 0 aromatic carbocycles. The molecule has 0 aromatic rings. The first-order valence-corrected chi connectivity index (χ1v) is 25.6. The Morgan fingerprint density at radius 1 is 0.350 bits per heavy atom. The Kier molecular flexibility index (Phi) is 46.9. The molecule has 0 amide bonds. The van der Waals surface area contributed by atoms with Crippen molar-refractivity contribution >= 4 is 17.9 Å². The van der Waals surface area contributed by atoms with Crippen molar-refractivity contribution in [2.45, 2.75) is 264 Å². The van der Waals surface area contributed by atoms with E-state index in [1.54, 1.807) is 0 Å². The quantitative estimate of drug-likeness (QED) is 0.0263. The van der Waals surface area contributed by atoms with Gasteiger partial charge in [-0.2, -0.15) is 0 Å². The Labute approximate surface area is 371 Å². The van der Waals surface area contributed by atoms with E-state index in [0.717, 1.165) is 89.9 Å². The zero-order chi connectivity index (χ0) is 43.7. The molecule has 1 atom stereocenters. The summed E-state index contributed by atoms with van der Waals surface area (Å²) in [6, 6.07) is 0. The summed E-state index contributed by atoms with van der Waals surface area (Å²) in [6.07, 6.45) is 58.0. The molecule has 0 N–H and O–H groups in total. The SMILES string of the molecule is CC/C=C\C/C=C\C/C=C\CCCCCCCCCC(=O)OCC(COC(=O)CCCCCCC/C=C\CCCCC)OC(=O)CCCCCCCCCCCCCCC. The van der Waals surface area contributed by atoms with Crippen molar-refractivity contribution in [1.29, 1.82) is 0 Å². The molecule has 0 saturated heterocycles. The second-order valence-electron chi connectivity index (χ2n) is 17.1. The van der Waals surface area contributed by atoms with E-state index >= 15 is 0 Å². The van der Waals surface area contributed by atoms with E-state index in [-0.39, 0.29) is 31.1 Å². The van der Waals surface area contributed by atoms with Gasteiger partial charge in [-0.3, -0.25) is 14.4 Å². The van der Waals surface area contributed by atoms with Crippen LogP contribution < -0.4 is 0 Å². The topological polar surface area (TPSA) is 78.9 Å².